The van der Waals surface area contributed by atoms with E-state index in [-0.39, 0.29) is 13.0 Å². The monoisotopic (exact) mass is 481 g/mol. The summed E-state index contributed by atoms with van der Waals surface area (Å²) in [6.45, 7) is 2.77. The van der Waals surface area contributed by atoms with Crippen molar-refractivity contribution < 1.29 is 8.78 Å². The van der Waals surface area contributed by atoms with E-state index in [2.05, 4.69) is 27.1 Å². The number of benzene rings is 1. The maximum absolute atomic E-state index is 13.5. The molecule has 6 rings (SSSR count). The van der Waals surface area contributed by atoms with Crippen LogP contribution in [-0.4, -0.2) is 43.8 Å². The van der Waals surface area contributed by atoms with Gasteiger partial charge in [-0.05, 0) is 53.9 Å². The molecule has 1 saturated heterocycles. The summed E-state index contributed by atoms with van der Waals surface area (Å²) in [5, 5.41) is 1.02. The number of fused-ring (bicyclic) bond motifs is 1. The Kier molecular flexibility index (Phi) is 5.57. The van der Waals surface area contributed by atoms with Gasteiger partial charge in [-0.3, -0.25) is 14.9 Å². The minimum absolute atomic E-state index is 0.0609. The van der Waals surface area contributed by atoms with Gasteiger partial charge in [0.05, 0.1) is 17.9 Å². The number of rotatable bonds is 5. The summed E-state index contributed by atoms with van der Waals surface area (Å²) >= 11 is 0. The van der Waals surface area contributed by atoms with E-state index in [0.717, 1.165) is 55.9 Å². The van der Waals surface area contributed by atoms with Crippen LogP contribution in [0.4, 0.5) is 8.78 Å². The molecule has 5 heterocycles. The van der Waals surface area contributed by atoms with Crippen LogP contribution < -0.4 is 0 Å². The van der Waals surface area contributed by atoms with Crippen LogP contribution in [0.5, 0.6) is 0 Å². The van der Waals surface area contributed by atoms with Crippen LogP contribution in [0.25, 0.3) is 44.7 Å². The molecule has 0 saturated carbocycles. The Bertz CT molecular complexity index is 1540. The fraction of sp³-hybridized carbons (Fsp3) is 0.207. The Hall–Kier alpha value is -3.97. The standard InChI is InChI=1S/C29H25F2N5/c1-19-3-2-4-26(34-19)27-14-25(24-9-11-33-28(24)35-27)23-13-22(15-32-16-23)21-7-5-20(6-8-21)17-36-12-10-29(30,31)18-36/h2-9,11,13-16H,10,12,17-18H2,1H3,(H,33,35). The fourth-order valence-electron chi connectivity index (χ4n) is 4.84. The van der Waals surface area contributed by atoms with Crippen molar-refractivity contribution in [2.24, 2.45) is 0 Å². The summed E-state index contributed by atoms with van der Waals surface area (Å²) in [4.78, 5) is 19.0. The van der Waals surface area contributed by atoms with Gasteiger partial charge in [0, 0.05) is 60.3 Å². The first kappa shape index (κ1) is 22.5. The van der Waals surface area contributed by atoms with Crippen LogP contribution in [0.3, 0.4) is 0 Å². The number of likely N-dealkylation sites (tertiary alicyclic amines) is 1. The van der Waals surface area contributed by atoms with Crippen molar-refractivity contribution in [2.45, 2.75) is 25.8 Å². The lowest BCUT2D eigenvalue weighted by molar-refractivity contribution is 0.0115. The average molecular weight is 482 g/mol. The van der Waals surface area contributed by atoms with Crippen molar-refractivity contribution in [2.75, 3.05) is 13.1 Å². The SMILES string of the molecule is Cc1cccc(-c2cc(-c3cncc(-c4ccc(CN5CCC(F)(F)C5)cc4)c3)c3cc[nH]c3n2)n1. The lowest BCUT2D eigenvalue weighted by atomic mass is 9.99. The van der Waals surface area contributed by atoms with E-state index in [1.165, 1.54) is 0 Å². The fourth-order valence-corrected chi connectivity index (χ4v) is 4.84. The first-order valence-corrected chi connectivity index (χ1v) is 12.0. The van der Waals surface area contributed by atoms with Gasteiger partial charge in [-0.15, -0.1) is 0 Å². The maximum atomic E-state index is 13.5. The number of H-pyrrole nitrogens is 1. The third-order valence-corrected chi connectivity index (χ3v) is 6.67. The highest BCUT2D eigenvalue weighted by Gasteiger charge is 2.37. The molecular weight excluding hydrogens is 456 g/mol. The predicted octanol–water partition coefficient (Wildman–Crippen LogP) is 6.50. The number of aromatic nitrogens is 4. The first-order valence-electron chi connectivity index (χ1n) is 12.0. The zero-order valence-corrected chi connectivity index (χ0v) is 19.9. The Morgan fingerprint density at radius 2 is 1.75 bits per heavy atom. The van der Waals surface area contributed by atoms with Gasteiger partial charge in [-0.25, -0.2) is 13.8 Å². The average Bonchev–Trinajstić information content (AvgIpc) is 3.49. The summed E-state index contributed by atoms with van der Waals surface area (Å²) in [6, 6.07) is 20.2. The summed E-state index contributed by atoms with van der Waals surface area (Å²) in [5.74, 6) is -2.57. The van der Waals surface area contributed by atoms with Crippen LogP contribution in [0.15, 0.2) is 79.3 Å². The van der Waals surface area contributed by atoms with E-state index in [0.29, 0.717) is 13.1 Å². The topological polar surface area (TPSA) is 57.7 Å². The predicted molar refractivity (Wildman–Crippen MR) is 138 cm³/mol. The number of hydrogen-bond donors (Lipinski definition) is 1. The van der Waals surface area contributed by atoms with E-state index in [1.54, 1.807) is 0 Å². The Morgan fingerprint density at radius 3 is 2.53 bits per heavy atom. The van der Waals surface area contributed by atoms with Crippen LogP contribution >= 0.6 is 0 Å². The van der Waals surface area contributed by atoms with Gasteiger partial charge in [0.15, 0.2) is 0 Å². The van der Waals surface area contributed by atoms with Crippen molar-refractivity contribution in [1.29, 1.82) is 0 Å². The molecule has 0 aliphatic carbocycles. The van der Waals surface area contributed by atoms with Crippen LogP contribution in [0.2, 0.25) is 0 Å². The third kappa shape index (κ3) is 4.50. The van der Waals surface area contributed by atoms with Gasteiger partial charge in [0.1, 0.15) is 5.65 Å². The lowest BCUT2D eigenvalue weighted by Gasteiger charge is -2.15. The first-order chi connectivity index (χ1) is 17.4. The largest absolute Gasteiger partial charge is 0.346 e. The minimum Gasteiger partial charge on any atom is -0.346 e. The highest BCUT2D eigenvalue weighted by Crippen LogP contribution is 2.33. The van der Waals surface area contributed by atoms with Crippen LogP contribution in [0, 0.1) is 6.92 Å². The highest BCUT2D eigenvalue weighted by atomic mass is 19.3. The molecule has 5 aromatic rings. The van der Waals surface area contributed by atoms with Gasteiger partial charge < -0.3 is 4.98 Å². The zero-order chi connectivity index (χ0) is 24.7. The van der Waals surface area contributed by atoms with Crippen molar-refractivity contribution in [3.05, 3.63) is 90.5 Å². The van der Waals surface area contributed by atoms with Gasteiger partial charge in [-0.2, -0.15) is 0 Å². The van der Waals surface area contributed by atoms with Crippen molar-refractivity contribution >= 4 is 11.0 Å². The zero-order valence-electron chi connectivity index (χ0n) is 19.9. The Balaban J connectivity index is 1.32. The summed E-state index contributed by atoms with van der Waals surface area (Å²) in [6.07, 6.45) is 5.54. The summed E-state index contributed by atoms with van der Waals surface area (Å²) < 4.78 is 27.0. The molecule has 36 heavy (non-hydrogen) atoms. The molecule has 0 bridgehead atoms. The molecule has 0 radical (unpaired) electrons. The molecule has 5 nitrogen and oxygen atoms in total. The molecule has 4 aromatic heterocycles. The van der Waals surface area contributed by atoms with Crippen LogP contribution in [-0.2, 0) is 6.54 Å². The van der Waals surface area contributed by atoms with Gasteiger partial charge in [0.2, 0.25) is 0 Å². The number of alkyl halides is 2. The van der Waals surface area contributed by atoms with E-state index in [9.17, 15) is 8.78 Å². The van der Waals surface area contributed by atoms with Crippen LogP contribution in [0.1, 0.15) is 17.7 Å². The van der Waals surface area contributed by atoms with Crippen molar-refractivity contribution in [3.63, 3.8) is 0 Å². The highest BCUT2D eigenvalue weighted by molar-refractivity contribution is 5.95. The van der Waals surface area contributed by atoms with Gasteiger partial charge in [-0.1, -0.05) is 30.3 Å². The second kappa shape index (κ2) is 8.91. The molecule has 0 unspecified atom stereocenters. The van der Waals surface area contributed by atoms with Crippen molar-refractivity contribution in [3.8, 4) is 33.6 Å². The summed E-state index contributed by atoms with van der Waals surface area (Å²) in [5.41, 5.74) is 8.41. The number of halogens is 2. The lowest BCUT2D eigenvalue weighted by Crippen LogP contribution is -2.24. The number of hydrogen-bond acceptors (Lipinski definition) is 4. The van der Waals surface area contributed by atoms with E-state index in [1.807, 2.05) is 78.9 Å². The molecule has 1 aliphatic rings. The molecule has 180 valence electrons. The van der Waals surface area contributed by atoms with Crippen molar-refractivity contribution in [1.82, 2.24) is 24.8 Å². The molecular formula is C29H25F2N5. The van der Waals surface area contributed by atoms with E-state index >= 15 is 0 Å². The number of nitrogens with zero attached hydrogens (tertiary/aromatic N) is 4. The third-order valence-electron chi connectivity index (χ3n) is 6.67. The number of aromatic amines is 1. The maximum Gasteiger partial charge on any atom is 0.261 e. The molecule has 0 spiro atoms. The Morgan fingerprint density at radius 1 is 0.917 bits per heavy atom. The van der Waals surface area contributed by atoms with E-state index < -0.39 is 5.92 Å². The molecule has 1 aromatic carbocycles. The number of nitrogens with one attached hydrogen (secondary N) is 1. The number of pyridine rings is 3. The second-order valence-corrected chi connectivity index (χ2v) is 9.44. The Labute approximate surface area is 207 Å². The molecule has 1 N–H and O–H groups in total. The molecule has 7 heteroatoms. The quantitative estimate of drug-likeness (QED) is 0.311. The van der Waals surface area contributed by atoms with Gasteiger partial charge in [0.25, 0.3) is 5.92 Å². The number of aryl methyl sites for hydroxylation is 1. The smallest absolute Gasteiger partial charge is 0.261 e. The molecule has 0 amide bonds. The molecule has 1 fully saturated rings. The van der Waals surface area contributed by atoms with Gasteiger partial charge >= 0.3 is 0 Å². The van der Waals surface area contributed by atoms with E-state index in [4.69, 9.17) is 4.98 Å². The normalized spacial score (nSPS) is 15.5. The summed E-state index contributed by atoms with van der Waals surface area (Å²) in [7, 11) is 0. The molecule has 0 atom stereocenters. The molecule has 1 aliphatic heterocycles. The second-order valence-electron chi connectivity index (χ2n) is 9.44. The minimum atomic E-state index is -2.57.